The van der Waals surface area contributed by atoms with E-state index in [0.29, 0.717) is 33.8 Å². The van der Waals surface area contributed by atoms with Crippen molar-refractivity contribution in [1.29, 1.82) is 0 Å². The second-order valence-corrected chi connectivity index (χ2v) is 6.74. The average Bonchev–Trinajstić information content (AvgIpc) is 3.06. The molecule has 144 valence electrons. The number of hydrogen-bond acceptors (Lipinski definition) is 4. The van der Waals surface area contributed by atoms with Crippen molar-refractivity contribution < 1.29 is 9.90 Å². The van der Waals surface area contributed by atoms with E-state index in [1.54, 1.807) is 36.3 Å². The Kier molecular flexibility index (Phi) is 7.50. The minimum atomic E-state index is -0.379. The van der Waals surface area contributed by atoms with Crippen LogP contribution in [-0.4, -0.2) is 41.9 Å². The topological polar surface area (TPSA) is 77.3 Å². The molecule has 1 aliphatic heterocycles. The van der Waals surface area contributed by atoms with Crippen molar-refractivity contribution in [3.05, 3.63) is 46.6 Å². The highest BCUT2D eigenvalue weighted by Gasteiger charge is 2.25. The normalized spacial score (nSPS) is 17.2. The minimum absolute atomic E-state index is 0.0345. The fourth-order valence-corrected chi connectivity index (χ4v) is 3.61. The molecular formula is C19H23ClN4O2S. The van der Waals surface area contributed by atoms with Crippen molar-refractivity contribution in [1.82, 2.24) is 5.32 Å². The quantitative estimate of drug-likeness (QED) is 0.584. The van der Waals surface area contributed by atoms with Crippen LogP contribution in [-0.2, 0) is 4.79 Å². The first kappa shape index (κ1) is 21.1. The van der Waals surface area contributed by atoms with Crippen molar-refractivity contribution in [2.45, 2.75) is 20.3 Å². The third-order valence-corrected chi connectivity index (χ3v) is 4.90. The van der Waals surface area contributed by atoms with Gasteiger partial charge in [0.05, 0.1) is 10.6 Å². The summed E-state index contributed by atoms with van der Waals surface area (Å²) in [4.78, 5) is 23.0. The molecule has 27 heavy (non-hydrogen) atoms. The smallest absolute Gasteiger partial charge is 0.281 e. The number of phenolic OH excluding ortho intramolecular Hbond substituents is 1. The third-order valence-electron chi connectivity index (χ3n) is 3.92. The van der Waals surface area contributed by atoms with Gasteiger partial charge in [-0.3, -0.25) is 9.79 Å². The Morgan fingerprint density at radius 3 is 2.70 bits per heavy atom. The van der Waals surface area contributed by atoms with Gasteiger partial charge in [0, 0.05) is 25.4 Å². The van der Waals surface area contributed by atoms with Crippen LogP contribution in [0, 0.1) is 0 Å². The number of anilines is 1. The van der Waals surface area contributed by atoms with Gasteiger partial charge >= 0.3 is 0 Å². The molecule has 0 bridgehead atoms. The predicted octanol–water partition coefficient (Wildman–Crippen LogP) is 3.97. The molecule has 0 spiro atoms. The van der Waals surface area contributed by atoms with Crippen LogP contribution in [0.15, 0.2) is 51.6 Å². The molecule has 0 atom stereocenters. The molecule has 1 aromatic carbocycles. The molecule has 1 amide bonds. The summed E-state index contributed by atoms with van der Waals surface area (Å²) >= 11 is 7.58. The average molecular weight is 407 g/mol. The summed E-state index contributed by atoms with van der Waals surface area (Å²) in [7, 11) is 1.67. The van der Waals surface area contributed by atoms with Crippen LogP contribution >= 0.6 is 23.4 Å². The number of phenols is 1. The zero-order valence-corrected chi connectivity index (χ0v) is 17.4. The van der Waals surface area contributed by atoms with Crippen molar-refractivity contribution in [3.8, 4) is 5.75 Å². The first-order valence-electron chi connectivity index (χ1n) is 8.54. The third kappa shape index (κ3) is 4.54. The number of benzene rings is 1. The molecule has 2 rings (SSSR count). The first-order chi connectivity index (χ1) is 13.0. The van der Waals surface area contributed by atoms with Crippen LogP contribution in [0.4, 0.5) is 5.69 Å². The summed E-state index contributed by atoms with van der Waals surface area (Å²) in [5.41, 5.74) is 1.64. The van der Waals surface area contributed by atoms with Gasteiger partial charge in [0.15, 0.2) is 5.17 Å². The van der Waals surface area contributed by atoms with Gasteiger partial charge in [0.1, 0.15) is 17.3 Å². The fourth-order valence-electron chi connectivity index (χ4n) is 2.72. The zero-order valence-electron chi connectivity index (χ0n) is 15.8. The number of aromatic hydroxyl groups is 1. The number of thioether (sulfide) groups is 1. The number of allylic oxidation sites excluding steroid dienone is 1. The monoisotopic (exact) mass is 406 g/mol. The van der Waals surface area contributed by atoms with E-state index in [0.717, 1.165) is 12.0 Å². The lowest BCUT2D eigenvalue weighted by molar-refractivity contribution is -0.114. The van der Waals surface area contributed by atoms with Gasteiger partial charge in [-0.25, -0.2) is 0 Å². The standard InChI is InChI=1S/C19H23ClN4O2S/c1-5-8-12-13(11-22-17(12)21-3)18(26)23-19(27-4)24(6-2)16-14(20)9-7-10-15(16)25/h7-11,25H,5-6H2,1-4H3,(H,21,22)/b12-8-,23-19?. The van der Waals surface area contributed by atoms with Crippen molar-refractivity contribution in [2.24, 2.45) is 9.98 Å². The number of carbonyl (C=O) groups excluding carboxylic acids is 1. The lowest BCUT2D eigenvalue weighted by Gasteiger charge is -2.25. The molecule has 2 N–H and O–H groups in total. The first-order valence-corrected chi connectivity index (χ1v) is 10.1. The molecular weight excluding hydrogens is 384 g/mol. The molecule has 0 saturated heterocycles. The maximum absolute atomic E-state index is 12.9. The number of rotatable bonds is 4. The van der Waals surface area contributed by atoms with Crippen LogP contribution in [0.25, 0.3) is 0 Å². The molecule has 0 saturated carbocycles. The van der Waals surface area contributed by atoms with Crippen molar-refractivity contribution in [3.63, 3.8) is 0 Å². The van der Waals surface area contributed by atoms with Crippen molar-refractivity contribution >= 4 is 46.0 Å². The second-order valence-electron chi connectivity index (χ2n) is 5.56. The van der Waals surface area contributed by atoms with E-state index in [2.05, 4.69) is 15.3 Å². The predicted molar refractivity (Wildman–Crippen MR) is 115 cm³/mol. The van der Waals surface area contributed by atoms with Crippen molar-refractivity contribution in [2.75, 3.05) is 24.7 Å². The molecule has 1 heterocycles. The molecule has 0 unspecified atom stereocenters. The van der Waals surface area contributed by atoms with Gasteiger partial charge in [0.2, 0.25) is 0 Å². The maximum Gasteiger partial charge on any atom is 0.281 e. The number of para-hydroxylation sites is 1. The fraction of sp³-hybridized carbons (Fsp3) is 0.316. The van der Waals surface area contributed by atoms with Crippen LogP contribution in [0.3, 0.4) is 0 Å². The van der Waals surface area contributed by atoms with E-state index in [-0.39, 0.29) is 11.7 Å². The summed E-state index contributed by atoms with van der Waals surface area (Å²) < 4.78 is 0. The Hall–Kier alpha value is -2.25. The number of carbonyl (C=O) groups is 1. The maximum atomic E-state index is 12.9. The number of aliphatic imine (C=N–C) groups is 2. The van der Waals surface area contributed by atoms with E-state index in [9.17, 15) is 9.90 Å². The second kappa shape index (κ2) is 9.62. The number of amides is 1. The highest BCUT2D eigenvalue weighted by atomic mass is 35.5. The van der Waals surface area contributed by atoms with E-state index in [4.69, 9.17) is 11.6 Å². The molecule has 0 fully saturated rings. The summed E-state index contributed by atoms with van der Waals surface area (Å²) in [5.74, 6) is 0.305. The van der Waals surface area contributed by atoms with Gasteiger partial charge < -0.3 is 15.3 Å². The van der Waals surface area contributed by atoms with Gasteiger partial charge in [0.25, 0.3) is 5.91 Å². The van der Waals surface area contributed by atoms with Gasteiger partial charge in [-0.15, -0.1) is 0 Å². The minimum Gasteiger partial charge on any atom is -0.506 e. The van der Waals surface area contributed by atoms with Crippen LogP contribution < -0.4 is 10.2 Å². The van der Waals surface area contributed by atoms with Crippen LogP contribution in [0.1, 0.15) is 20.3 Å². The van der Waals surface area contributed by atoms with Gasteiger partial charge in [-0.1, -0.05) is 42.4 Å². The van der Waals surface area contributed by atoms with E-state index in [1.165, 1.54) is 11.8 Å². The summed E-state index contributed by atoms with van der Waals surface area (Å²) in [5, 5.41) is 14.1. The van der Waals surface area contributed by atoms with E-state index < -0.39 is 0 Å². The zero-order chi connectivity index (χ0) is 20.0. The molecule has 6 nitrogen and oxygen atoms in total. The highest BCUT2D eigenvalue weighted by molar-refractivity contribution is 8.13. The molecule has 1 aliphatic rings. The van der Waals surface area contributed by atoms with Crippen LogP contribution in [0.2, 0.25) is 5.02 Å². The van der Waals surface area contributed by atoms with Gasteiger partial charge in [-0.2, -0.15) is 4.99 Å². The Morgan fingerprint density at radius 2 is 2.15 bits per heavy atom. The SMILES string of the molecule is CC/C=C1/C(C(=O)N=C(SC)N(CC)c2c(O)cccc2Cl)=CNC1=NC. The summed E-state index contributed by atoms with van der Waals surface area (Å²) in [6, 6.07) is 4.91. The summed E-state index contributed by atoms with van der Waals surface area (Å²) in [6.45, 7) is 4.39. The molecule has 1 aromatic rings. The van der Waals surface area contributed by atoms with Crippen LogP contribution in [0.5, 0.6) is 5.75 Å². The largest absolute Gasteiger partial charge is 0.506 e. The molecule has 0 radical (unpaired) electrons. The van der Waals surface area contributed by atoms with E-state index in [1.807, 2.05) is 26.2 Å². The Bertz CT molecular complexity index is 826. The number of nitrogens with zero attached hydrogens (tertiary/aromatic N) is 3. The number of hydrogen-bond donors (Lipinski definition) is 2. The Labute approximate surface area is 168 Å². The lowest BCUT2D eigenvalue weighted by atomic mass is 10.1. The molecule has 0 aromatic heterocycles. The lowest BCUT2D eigenvalue weighted by Crippen LogP contribution is -2.29. The Balaban J connectivity index is 2.42. The molecule has 0 aliphatic carbocycles. The summed E-state index contributed by atoms with van der Waals surface area (Å²) in [6.07, 6.45) is 6.16. The van der Waals surface area contributed by atoms with Gasteiger partial charge in [-0.05, 0) is 31.7 Å². The highest BCUT2D eigenvalue weighted by Crippen LogP contribution is 2.36. The number of halogens is 1. The molecule has 8 heteroatoms. The number of nitrogens with one attached hydrogen (secondary N) is 1. The number of amidine groups is 2. The van der Waals surface area contributed by atoms with E-state index >= 15 is 0 Å². The Morgan fingerprint density at radius 1 is 1.41 bits per heavy atom.